The first kappa shape index (κ1) is 7.55. The van der Waals surface area contributed by atoms with Gasteiger partial charge in [0.05, 0.1) is 0 Å². The lowest BCUT2D eigenvalue weighted by atomic mass is 10.2. The Morgan fingerprint density at radius 2 is 2.00 bits per heavy atom. The van der Waals surface area contributed by atoms with Crippen LogP contribution in [0.4, 0.5) is 0 Å². The first-order valence-electron chi connectivity index (χ1n) is 3.99. The van der Waals surface area contributed by atoms with Crippen molar-refractivity contribution in [3.8, 4) is 0 Å². The van der Waals surface area contributed by atoms with Crippen molar-refractivity contribution < 1.29 is 0 Å². The summed E-state index contributed by atoms with van der Waals surface area (Å²) >= 11 is 0. The summed E-state index contributed by atoms with van der Waals surface area (Å²) in [6.45, 7) is 4.42. The van der Waals surface area contributed by atoms with Gasteiger partial charge in [-0.15, -0.1) is 0 Å². The molecule has 0 aromatic heterocycles. The summed E-state index contributed by atoms with van der Waals surface area (Å²) < 4.78 is 0. The maximum Gasteiger partial charge on any atom is 0.00779 e. The maximum atomic E-state index is 3.37. The molecule has 0 aliphatic heterocycles. The molecule has 0 bridgehead atoms. The van der Waals surface area contributed by atoms with E-state index in [9.17, 15) is 0 Å². The molecule has 0 saturated carbocycles. The molecular formula is C9H15N. The molecule has 0 radical (unpaired) electrons. The SMILES string of the molecule is CCCNCC1C=CC=C1. The quantitative estimate of drug-likeness (QED) is 0.582. The van der Waals surface area contributed by atoms with Crippen LogP contribution in [0.5, 0.6) is 0 Å². The highest BCUT2D eigenvalue weighted by molar-refractivity contribution is 5.17. The molecule has 0 spiro atoms. The van der Waals surface area contributed by atoms with Crippen molar-refractivity contribution in [3.05, 3.63) is 24.3 Å². The third-order valence-corrected chi connectivity index (χ3v) is 1.63. The van der Waals surface area contributed by atoms with E-state index in [1.165, 1.54) is 6.42 Å². The van der Waals surface area contributed by atoms with Gasteiger partial charge < -0.3 is 5.32 Å². The Morgan fingerprint density at radius 3 is 2.60 bits per heavy atom. The molecule has 10 heavy (non-hydrogen) atoms. The zero-order valence-electron chi connectivity index (χ0n) is 6.51. The van der Waals surface area contributed by atoms with E-state index >= 15 is 0 Å². The van der Waals surface area contributed by atoms with Crippen molar-refractivity contribution in [1.29, 1.82) is 0 Å². The third-order valence-electron chi connectivity index (χ3n) is 1.63. The average molecular weight is 137 g/mol. The molecule has 1 aliphatic carbocycles. The van der Waals surface area contributed by atoms with E-state index in [1.807, 2.05) is 0 Å². The van der Waals surface area contributed by atoms with Gasteiger partial charge >= 0.3 is 0 Å². The van der Waals surface area contributed by atoms with Gasteiger partial charge in [-0.3, -0.25) is 0 Å². The smallest absolute Gasteiger partial charge is 0.00779 e. The number of rotatable bonds is 4. The number of allylic oxidation sites excluding steroid dienone is 2. The van der Waals surface area contributed by atoms with Crippen LogP contribution in [0.1, 0.15) is 13.3 Å². The van der Waals surface area contributed by atoms with Crippen molar-refractivity contribution in [2.75, 3.05) is 13.1 Å². The summed E-state index contributed by atoms with van der Waals surface area (Å²) in [6, 6.07) is 0. The van der Waals surface area contributed by atoms with Crippen LogP contribution in [-0.4, -0.2) is 13.1 Å². The zero-order valence-corrected chi connectivity index (χ0v) is 6.51. The first-order chi connectivity index (χ1) is 4.93. The summed E-state index contributed by atoms with van der Waals surface area (Å²) in [5, 5.41) is 3.37. The minimum absolute atomic E-state index is 0.645. The molecule has 1 heteroatoms. The molecule has 0 amide bonds. The summed E-state index contributed by atoms with van der Waals surface area (Å²) in [7, 11) is 0. The molecule has 0 fully saturated rings. The Kier molecular flexibility index (Phi) is 3.23. The molecule has 56 valence electrons. The van der Waals surface area contributed by atoms with Crippen LogP contribution in [0, 0.1) is 5.92 Å². The van der Waals surface area contributed by atoms with Crippen LogP contribution in [0.25, 0.3) is 0 Å². The van der Waals surface area contributed by atoms with E-state index in [0.29, 0.717) is 5.92 Å². The summed E-state index contributed by atoms with van der Waals surface area (Å²) in [4.78, 5) is 0. The predicted octanol–water partition coefficient (Wildman–Crippen LogP) is 1.73. The fourth-order valence-electron chi connectivity index (χ4n) is 1.06. The summed E-state index contributed by atoms with van der Waals surface area (Å²) in [5.41, 5.74) is 0. The molecule has 1 N–H and O–H groups in total. The number of hydrogen-bond acceptors (Lipinski definition) is 1. The highest BCUT2D eigenvalue weighted by atomic mass is 14.8. The normalized spacial score (nSPS) is 16.9. The van der Waals surface area contributed by atoms with Gasteiger partial charge in [-0.2, -0.15) is 0 Å². The number of hydrogen-bond donors (Lipinski definition) is 1. The van der Waals surface area contributed by atoms with E-state index in [4.69, 9.17) is 0 Å². The van der Waals surface area contributed by atoms with Gasteiger partial charge in [0.2, 0.25) is 0 Å². The lowest BCUT2D eigenvalue weighted by Crippen LogP contribution is -2.20. The van der Waals surface area contributed by atoms with Crippen molar-refractivity contribution in [1.82, 2.24) is 5.32 Å². The van der Waals surface area contributed by atoms with Crippen molar-refractivity contribution in [2.24, 2.45) is 5.92 Å². The predicted molar refractivity (Wildman–Crippen MR) is 44.9 cm³/mol. The summed E-state index contributed by atoms with van der Waals surface area (Å²) in [6.07, 6.45) is 9.89. The Hall–Kier alpha value is -0.560. The lowest BCUT2D eigenvalue weighted by molar-refractivity contribution is 0.625. The van der Waals surface area contributed by atoms with Crippen LogP contribution < -0.4 is 5.32 Å². The highest BCUT2D eigenvalue weighted by Crippen LogP contribution is 2.06. The lowest BCUT2D eigenvalue weighted by Gasteiger charge is -2.05. The van der Waals surface area contributed by atoms with E-state index in [2.05, 4.69) is 36.5 Å². The van der Waals surface area contributed by atoms with Crippen LogP contribution in [0.3, 0.4) is 0 Å². The topological polar surface area (TPSA) is 12.0 Å². The molecule has 0 saturated heterocycles. The van der Waals surface area contributed by atoms with Crippen molar-refractivity contribution >= 4 is 0 Å². The second-order valence-electron chi connectivity index (χ2n) is 2.64. The molecule has 1 aliphatic rings. The van der Waals surface area contributed by atoms with E-state index in [-0.39, 0.29) is 0 Å². The van der Waals surface area contributed by atoms with E-state index in [0.717, 1.165) is 13.1 Å². The van der Waals surface area contributed by atoms with Crippen LogP contribution >= 0.6 is 0 Å². The molecular weight excluding hydrogens is 122 g/mol. The van der Waals surface area contributed by atoms with Gasteiger partial charge in [-0.05, 0) is 13.0 Å². The average Bonchev–Trinajstić information content (AvgIpc) is 2.41. The largest absolute Gasteiger partial charge is 0.316 e. The first-order valence-corrected chi connectivity index (χ1v) is 3.99. The Morgan fingerprint density at radius 1 is 1.30 bits per heavy atom. The van der Waals surface area contributed by atoms with Crippen LogP contribution in [0.15, 0.2) is 24.3 Å². The zero-order chi connectivity index (χ0) is 7.23. The maximum absolute atomic E-state index is 3.37. The Labute approximate surface area is 62.8 Å². The van der Waals surface area contributed by atoms with Gasteiger partial charge in [0.25, 0.3) is 0 Å². The molecule has 0 atom stereocenters. The highest BCUT2D eigenvalue weighted by Gasteiger charge is 2.00. The molecule has 0 aromatic carbocycles. The van der Waals surface area contributed by atoms with E-state index in [1.54, 1.807) is 0 Å². The number of nitrogens with one attached hydrogen (secondary N) is 1. The van der Waals surface area contributed by atoms with Gasteiger partial charge in [0.15, 0.2) is 0 Å². The Bertz CT molecular complexity index is 124. The molecule has 0 aromatic rings. The minimum atomic E-state index is 0.645. The van der Waals surface area contributed by atoms with E-state index < -0.39 is 0 Å². The van der Waals surface area contributed by atoms with Gasteiger partial charge in [0, 0.05) is 12.5 Å². The monoisotopic (exact) mass is 137 g/mol. The second kappa shape index (κ2) is 4.29. The summed E-state index contributed by atoms with van der Waals surface area (Å²) in [5.74, 6) is 0.645. The van der Waals surface area contributed by atoms with Gasteiger partial charge in [0.1, 0.15) is 0 Å². The van der Waals surface area contributed by atoms with Crippen molar-refractivity contribution in [2.45, 2.75) is 13.3 Å². The van der Waals surface area contributed by atoms with Crippen molar-refractivity contribution in [3.63, 3.8) is 0 Å². The fraction of sp³-hybridized carbons (Fsp3) is 0.556. The molecule has 0 heterocycles. The van der Waals surface area contributed by atoms with Gasteiger partial charge in [-0.25, -0.2) is 0 Å². The third kappa shape index (κ3) is 2.36. The van der Waals surface area contributed by atoms with Crippen LogP contribution in [-0.2, 0) is 0 Å². The molecule has 0 unspecified atom stereocenters. The standard InChI is InChI=1S/C9H15N/c1-2-7-10-8-9-5-3-4-6-9/h3-6,9-10H,2,7-8H2,1H3. The molecule has 1 rings (SSSR count). The van der Waals surface area contributed by atoms with Gasteiger partial charge in [-0.1, -0.05) is 31.2 Å². The fourth-order valence-corrected chi connectivity index (χ4v) is 1.06. The Balaban J connectivity index is 2.03. The molecule has 1 nitrogen and oxygen atoms in total. The van der Waals surface area contributed by atoms with Crippen LogP contribution in [0.2, 0.25) is 0 Å². The minimum Gasteiger partial charge on any atom is -0.316 e. The second-order valence-corrected chi connectivity index (χ2v) is 2.64.